The minimum Gasteiger partial charge on any atom is -0.457 e. The number of rotatable bonds is 10. The summed E-state index contributed by atoms with van der Waals surface area (Å²) in [4.78, 5) is 75.3. The minimum atomic E-state index is -1.85. The number of ether oxygens (including phenoxy) is 3. The second-order valence-electron chi connectivity index (χ2n) is 11.2. The number of hydrogen-bond acceptors (Lipinski definition) is 13. The molecular formula is C27H33N3O9S2. The van der Waals surface area contributed by atoms with Gasteiger partial charge in [-0.3, -0.25) is 19.3 Å². The molecule has 3 saturated heterocycles. The Balaban J connectivity index is 1.51. The van der Waals surface area contributed by atoms with Crippen molar-refractivity contribution in [2.45, 2.75) is 71.1 Å². The molecule has 0 spiro atoms. The van der Waals surface area contributed by atoms with Crippen LogP contribution in [0.1, 0.15) is 58.2 Å². The first-order valence-corrected chi connectivity index (χ1v) is 15.0. The largest absolute Gasteiger partial charge is 0.457 e. The standard InChI is InChI=1S/C27H33N3O9S2/c1-14(2)7-8-36-25(35)27-16(9-20(32)39-27)12-41-24-17(23(34)30(24)27)10-19(31)22(18-13-40-15(3)28-18)29-37-11-21(33)38-26(4,5)6/h7,13,16-17,24H,8-12H2,1-6H3/b29-22-/t16-,17+,24+,27+/m0/s1. The number of ketones is 1. The number of carbonyl (C=O) groups is 5. The summed E-state index contributed by atoms with van der Waals surface area (Å²) in [6, 6.07) is 0. The molecule has 4 heterocycles. The van der Waals surface area contributed by atoms with Crippen LogP contribution in [0.3, 0.4) is 0 Å². The average Bonchev–Trinajstić information content (AvgIpc) is 3.44. The van der Waals surface area contributed by atoms with Crippen molar-refractivity contribution in [1.82, 2.24) is 9.88 Å². The van der Waals surface area contributed by atoms with Crippen molar-refractivity contribution in [3.05, 3.63) is 27.7 Å². The molecule has 4 atom stereocenters. The van der Waals surface area contributed by atoms with E-state index in [2.05, 4.69) is 10.1 Å². The molecule has 0 unspecified atom stereocenters. The summed E-state index contributed by atoms with van der Waals surface area (Å²) in [5.41, 5.74) is -1.51. The molecule has 0 saturated carbocycles. The molecule has 0 N–H and O–H groups in total. The van der Waals surface area contributed by atoms with E-state index in [4.69, 9.17) is 19.0 Å². The number of allylic oxidation sites excluding steroid dienone is 1. The third-order valence-electron chi connectivity index (χ3n) is 6.50. The number of esters is 3. The van der Waals surface area contributed by atoms with Crippen LogP contribution in [0.5, 0.6) is 0 Å². The summed E-state index contributed by atoms with van der Waals surface area (Å²) in [6.07, 6.45) is 1.44. The van der Waals surface area contributed by atoms with Gasteiger partial charge in [0.2, 0.25) is 12.5 Å². The highest BCUT2D eigenvalue weighted by Crippen LogP contribution is 2.54. The number of β-lactam (4-membered cyclic amide) rings is 1. The summed E-state index contributed by atoms with van der Waals surface area (Å²) >= 11 is 2.69. The van der Waals surface area contributed by atoms with Crippen LogP contribution in [0.4, 0.5) is 0 Å². The van der Waals surface area contributed by atoms with Gasteiger partial charge in [-0.25, -0.2) is 14.6 Å². The van der Waals surface area contributed by atoms with E-state index in [-0.39, 0.29) is 30.9 Å². The lowest BCUT2D eigenvalue weighted by atomic mass is 9.84. The predicted molar refractivity (Wildman–Crippen MR) is 149 cm³/mol. The molecular weight excluding hydrogens is 574 g/mol. The van der Waals surface area contributed by atoms with Crippen molar-refractivity contribution < 1.29 is 43.0 Å². The number of fused-ring (bicyclic) bond motifs is 3. The van der Waals surface area contributed by atoms with Crippen molar-refractivity contribution in [1.29, 1.82) is 0 Å². The highest BCUT2D eigenvalue weighted by molar-refractivity contribution is 8.00. The van der Waals surface area contributed by atoms with Gasteiger partial charge in [0, 0.05) is 23.5 Å². The first-order chi connectivity index (χ1) is 19.2. The Labute approximate surface area is 245 Å². The van der Waals surface area contributed by atoms with E-state index in [0.29, 0.717) is 10.8 Å². The third kappa shape index (κ3) is 6.48. The van der Waals surface area contributed by atoms with Crippen LogP contribution in [-0.2, 0) is 43.0 Å². The molecule has 0 bridgehead atoms. The lowest BCUT2D eigenvalue weighted by molar-refractivity contribution is -0.222. The average molecular weight is 608 g/mol. The number of aromatic nitrogens is 1. The van der Waals surface area contributed by atoms with Gasteiger partial charge in [0.25, 0.3) is 5.72 Å². The third-order valence-corrected chi connectivity index (χ3v) is 8.75. The van der Waals surface area contributed by atoms with Crippen LogP contribution in [0.25, 0.3) is 0 Å². The van der Waals surface area contributed by atoms with Crippen molar-refractivity contribution in [2.24, 2.45) is 17.0 Å². The van der Waals surface area contributed by atoms with Gasteiger partial charge in [-0.2, -0.15) is 0 Å². The molecule has 3 aliphatic rings. The van der Waals surface area contributed by atoms with Gasteiger partial charge < -0.3 is 19.0 Å². The number of carbonyl (C=O) groups excluding carboxylic acids is 5. The van der Waals surface area contributed by atoms with Crippen LogP contribution in [0.15, 0.2) is 22.2 Å². The summed E-state index contributed by atoms with van der Waals surface area (Å²) in [6.45, 7) is 10.1. The summed E-state index contributed by atoms with van der Waals surface area (Å²) < 4.78 is 16.1. The molecule has 222 valence electrons. The number of aryl methyl sites for hydroxylation is 1. The van der Waals surface area contributed by atoms with Crippen molar-refractivity contribution in [2.75, 3.05) is 19.0 Å². The van der Waals surface area contributed by atoms with Gasteiger partial charge in [-0.1, -0.05) is 10.7 Å². The van der Waals surface area contributed by atoms with Crippen LogP contribution >= 0.6 is 23.1 Å². The first-order valence-electron chi connectivity index (χ1n) is 13.1. The number of amides is 1. The van der Waals surface area contributed by atoms with Crippen LogP contribution < -0.4 is 0 Å². The second-order valence-corrected chi connectivity index (χ2v) is 13.4. The zero-order valence-electron chi connectivity index (χ0n) is 23.8. The van der Waals surface area contributed by atoms with Gasteiger partial charge in [0.15, 0.2) is 11.5 Å². The van der Waals surface area contributed by atoms with Gasteiger partial charge in [-0.15, -0.1) is 23.1 Å². The zero-order chi connectivity index (χ0) is 30.1. The van der Waals surface area contributed by atoms with Gasteiger partial charge in [-0.05, 0) is 47.6 Å². The van der Waals surface area contributed by atoms with Crippen LogP contribution in [0, 0.1) is 18.8 Å². The number of oxime groups is 1. The maximum absolute atomic E-state index is 13.5. The van der Waals surface area contributed by atoms with E-state index < -0.39 is 64.7 Å². The van der Waals surface area contributed by atoms with E-state index >= 15 is 0 Å². The normalized spacial score (nSPS) is 25.4. The predicted octanol–water partition coefficient (Wildman–Crippen LogP) is 2.77. The Hall–Kier alpha value is -3.26. The van der Waals surface area contributed by atoms with Crippen molar-refractivity contribution >= 4 is 58.4 Å². The maximum Gasteiger partial charge on any atom is 0.373 e. The fourth-order valence-electron chi connectivity index (χ4n) is 4.75. The molecule has 3 aliphatic heterocycles. The summed E-state index contributed by atoms with van der Waals surface area (Å²) in [5, 5.41) is 5.62. The fourth-order valence-corrected chi connectivity index (χ4v) is 6.98. The van der Waals surface area contributed by atoms with E-state index in [1.165, 1.54) is 28.0 Å². The second kappa shape index (κ2) is 11.9. The molecule has 0 radical (unpaired) electrons. The molecule has 14 heteroatoms. The first kappa shape index (κ1) is 30.7. The molecule has 1 amide bonds. The van der Waals surface area contributed by atoms with Gasteiger partial charge in [0.1, 0.15) is 17.9 Å². The number of thiazole rings is 1. The lowest BCUT2D eigenvalue weighted by Gasteiger charge is -2.57. The highest BCUT2D eigenvalue weighted by Gasteiger charge is 2.71. The molecule has 1 aromatic heterocycles. The van der Waals surface area contributed by atoms with Gasteiger partial charge in [0.05, 0.1) is 22.7 Å². The Morgan fingerprint density at radius 2 is 2.00 bits per heavy atom. The van der Waals surface area contributed by atoms with E-state index in [0.717, 1.165) is 5.57 Å². The highest BCUT2D eigenvalue weighted by atomic mass is 32.2. The number of nitrogens with zero attached hydrogens (tertiary/aromatic N) is 3. The maximum atomic E-state index is 13.5. The number of Topliss-reactive ketones (excluding diaryl/α,β-unsaturated/α-hetero) is 1. The molecule has 0 aliphatic carbocycles. The smallest absolute Gasteiger partial charge is 0.373 e. The van der Waals surface area contributed by atoms with Gasteiger partial charge >= 0.3 is 17.9 Å². The fraction of sp³-hybridized carbons (Fsp3) is 0.593. The molecule has 41 heavy (non-hydrogen) atoms. The van der Waals surface area contributed by atoms with Crippen molar-refractivity contribution in [3.63, 3.8) is 0 Å². The summed E-state index contributed by atoms with van der Waals surface area (Å²) in [5.74, 6) is -4.06. The topological polar surface area (TPSA) is 151 Å². The minimum absolute atomic E-state index is 0.0141. The zero-order valence-corrected chi connectivity index (χ0v) is 25.4. The number of thioether (sulfide) groups is 1. The van der Waals surface area contributed by atoms with Crippen LogP contribution in [0.2, 0.25) is 0 Å². The molecule has 3 fully saturated rings. The SMILES string of the molecule is CC(C)=CCOC(=O)[C@]12OC(=O)C[C@H]1CS[C@@H]1[C@H](CC(=O)/C(=N\OCC(=O)OC(C)(C)C)c3csc(C)n3)C(=O)N12. The van der Waals surface area contributed by atoms with Crippen LogP contribution in [-0.4, -0.2) is 80.9 Å². The van der Waals surface area contributed by atoms with E-state index in [9.17, 15) is 24.0 Å². The number of hydrogen-bond donors (Lipinski definition) is 0. The Bertz CT molecular complexity index is 1310. The van der Waals surface area contributed by atoms with Crippen molar-refractivity contribution in [3.8, 4) is 0 Å². The molecule has 1 aromatic rings. The monoisotopic (exact) mass is 607 g/mol. The van der Waals surface area contributed by atoms with E-state index in [1.54, 1.807) is 39.2 Å². The Morgan fingerprint density at radius 3 is 2.63 bits per heavy atom. The Morgan fingerprint density at radius 1 is 1.27 bits per heavy atom. The lowest BCUT2D eigenvalue weighted by Crippen LogP contribution is -2.75. The van der Waals surface area contributed by atoms with E-state index in [1.807, 2.05) is 13.8 Å². The molecule has 0 aromatic carbocycles. The molecule has 12 nitrogen and oxygen atoms in total. The Kier molecular flexibility index (Phi) is 8.93. The summed E-state index contributed by atoms with van der Waals surface area (Å²) in [7, 11) is 0. The quantitative estimate of drug-likeness (QED) is 0.0964. The molecule has 4 rings (SSSR count).